The Balaban J connectivity index is 1.79. The van der Waals surface area contributed by atoms with Crippen LogP contribution in [0.2, 0.25) is 0 Å². The molecule has 2 atom stereocenters. The Kier molecular flexibility index (Phi) is 3.56. The molecule has 2 aliphatic rings. The van der Waals surface area contributed by atoms with Crippen LogP contribution >= 0.6 is 0 Å². The maximum atomic E-state index is 13.1. The van der Waals surface area contributed by atoms with Crippen molar-refractivity contribution in [2.75, 3.05) is 18.4 Å². The van der Waals surface area contributed by atoms with Crippen LogP contribution in [0.15, 0.2) is 18.2 Å². The van der Waals surface area contributed by atoms with E-state index in [0.29, 0.717) is 11.7 Å². The minimum absolute atomic E-state index is 0.181. The summed E-state index contributed by atoms with van der Waals surface area (Å²) >= 11 is 0. The van der Waals surface area contributed by atoms with Gasteiger partial charge in [0, 0.05) is 18.6 Å². The Bertz CT molecular complexity index is 523. The van der Waals surface area contributed by atoms with Gasteiger partial charge in [0.05, 0.1) is 11.0 Å². The fraction of sp³-hybridized carbons (Fsp3) is 0.571. The Morgan fingerprint density at radius 3 is 2.95 bits per heavy atom. The third kappa shape index (κ3) is 2.47. The molecule has 0 aliphatic carbocycles. The summed E-state index contributed by atoms with van der Waals surface area (Å²) in [5, 5.41) is 14.3. The molecule has 1 N–H and O–H groups in total. The first-order chi connectivity index (χ1) is 9.65. The summed E-state index contributed by atoms with van der Waals surface area (Å²) in [5.41, 5.74) is 0.244. The summed E-state index contributed by atoms with van der Waals surface area (Å²) < 4.78 is 13.1. The van der Waals surface area contributed by atoms with Crippen molar-refractivity contribution in [3.63, 3.8) is 0 Å². The van der Waals surface area contributed by atoms with Gasteiger partial charge in [-0.25, -0.2) is 4.39 Å². The van der Waals surface area contributed by atoms with Crippen LogP contribution in [0.3, 0.4) is 0 Å². The van der Waals surface area contributed by atoms with Gasteiger partial charge in [-0.1, -0.05) is 6.42 Å². The maximum absolute atomic E-state index is 13.1. The van der Waals surface area contributed by atoms with E-state index in [2.05, 4.69) is 10.2 Å². The van der Waals surface area contributed by atoms with Crippen molar-refractivity contribution in [3.8, 4) is 0 Å². The second-order valence-electron chi connectivity index (χ2n) is 5.56. The summed E-state index contributed by atoms with van der Waals surface area (Å²) in [6, 6.07) is 4.39. The minimum atomic E-state index is -0.576. The normalized spacial score (nSPS) is 26.2. The van der Waals surface area contributed by atoms with E-state index in [4.69, 9.17) is 0 Å². The highest BCUT2D eigenvalue weighted by Crippen LogP contribution is 2.32. The maximum Gasteiger partial charge on any atom is 0.295 e. The van der Waals surface area contributed by atoms with Crippen LogP contribution in [-0.2, 0) is 0 Å². The van der Waals surface area contributed by atoms with Crippen LogP contribution < -0.4 is 5.32 Å². The number of piperidine rings is 1. The summed E-state index contributed by atoms with van der Waals surface area (Å²) in [5.74, 6) is -0.576. The Labute approximate surface area is 116 Å². The van der Waals surface area contributed by atoms with Crippen LogP contribution in [0.25, 0.3) is 0 Å². The van der Waals surface area contributed by atoms with Gasteiger partial charge in [-0.15, -0.1) is 0 Å². The zero-order valence-electron chi connectivity index (χ0n) is 11.2. The highest BCUT2D eigenvalue weighted by molar-refractivity contribution is 5.62. The molecule has 2 saturated heterocycles. The number of halogens is 1. The molecule has 0 unspecified atom stereocenters. The fourth-order valence-electron chi connectivity index (χ4n) is 3.39. The molecule has 2 aliphatic heterocycles. The molecule has 0 amide bonds. The van der Waals surface area contributed by atoms with Crippen molar-refractivity contribution in [2.45, 2.75) is 37.8 Å². The first-order valence-electron chi connectivity index (χ1n) is 7.09. The second-order valence-corrected chi connectivity index (χ2v) is 5.56. The molecule has 20 heavy (non-hydrogen) atoms. The van der Waals surface area contributed by atoms with Gasteiger partial charge >= 0.3 is 0 Å². The highest BCUT2D eigenvalue weighted by atomic mass is 19.1. The zero-order chi connectivity index (χ0) is 14.1. The van der Waals surface area contributed by atoms with E-state index in [1.807, 2.05) is 0 Å². The lowest BCUT2D eigenvalue weighted by atomic mass is 9.99. The summed E-state index contributed by atoms with van der Waals surface area (Å²) in [7, 11) is 0. The van der Waals surface area contributed by atoms with Crippen molar-refractivity contribution in [1.29, 1.82) is 0 Å². The van der Waals surface area contributed by atoms with Crippen molar-refractivity contribution >= 4 is 11.4 Å². The van der Waals surface area contributed by atoms with Gasteiger partial charge in [-0.2, -0.15) is 0 Å². The molecule has 1 aromatic carbocycles. The number of benzene rings is 1. The molecule has 1 aromatic rings. The van der Waals surface area contributed by atoms with E-state index in [1.54, 1.807) is 0 Å². The van der Waals surface area contributed by atoms with E-state index in [1.165, 1.54) is 25.0 Å². The molecular formula is C14H18FN3O2. The average Bonchev–Trinajstić information content (AvgIpc) is 2.84. The van der Waals surface area contributed by atoms with Gasteiger partial charge < -0.3 is 5.32 Å². The standard InChI is InChI=1S/C14H18FN3O2/c15-10-4-5-11(14(9-10)18(19)20)16-12-6-8-17-7-2-1-3-13(12)17/h4-5,9,12-13,16H,1-3,6-8H2/t12-,13-/m0/s1. The van der Waals surface area contributed by atoms with Gasteiger partial charge in [-0.05, 0) is 37.9 Å². The van der Waals surface area contributed by atoms with Crippen LogP contribution in [0.1, 0.15) is 25.7 Å². The van der Waals surface area contributed by atoms with Crippen LogP contribution in [-0.4, -0.2) is 35.0 Å². The van der Waals surface area contributed by atoms with E-state index >= 15 is 0 Å². The van der Waals surface area contributed by atoms with Gasteiger partial charge in [0.15, 0.2) is 0 Å². The molecule has 0 spiro atoms. The number of nitrogens with one attached hydrogen (secondary N) is 1. The first-order valence-corrected chi connectivity index (χ1v) is 7.09. The van der Waals surface area contributed by atoms with Crippen LogP contribution in [0.4, 0.5) is 15.8 Å². The zero-order valence-corrected chi connectivity index (χ0v) is 11.2. The average molecular weight is 279 g/mol. The van der Waals surface area contributed by atoms with E-state index in [0.717, 1.165) is 32.0 Å². The quantitative estimate of drug-likeness (QED) is 0.682. The number of nitro benzene ring substituents is 1. The molecule has 3 rings (SSSR count). The molecule has 0 aromatic heterocycles. The molecular weight excluding hydrogens is 261 g/mol. The van der Waals surface area contributed by atoms with Crippen LogP contribution in [0, 0.1) is 15.9 Å². The van der Waals surface area contributed by atoms with Gasteiger partial charge in [0.1, 0.15) is 11.5 Å². The number of rotatable bonds is 3. The largest absolute Gasteiger partial charge is 0.375 e. The molecule has 5 nitrogen and oxygen atoms in total. The van der Waals surface area contributed by atoms with E-state index < -0.39 is 10.7 Å². The van der Waals surface area contributed by atoms with Gasteiger partial charge in [0.25, 0.3) is 5.69 Å². The van der Waals surface area contributed by atoms with E-state index in [-0.39, 0.29) is 11.7 Å². The number of hydrogen-bond donors (Lipinski definition) is 1. The second kappa shape index (κ2) is 5.36. The first kappa shape index (κ1) is 13.3. The lowest BCUT2D eigenvalue weighted by Gasteiger charge is -2.32. The minimum Gasteiger partial charge on any atom is -0.375 e. The third-order valence-corrected chi connectivity index (χ3v) is 4.35. The smallest absolute Gasteiger partial charge is 0.295 e. The Morgan fingerprint density at radius 1 is 1.30 bits per heavy atom. The summed E-state index contributed by atoms with van der Waals surface area (Å²) in [6.45, 7) is 2.16. The number of fused-ring (bicyclic) bond motifs is 1. The molecule has 2 fully saturated rings. The molecule has 0 saturated carbocycles. The highest BCUT2D eigenvalue weighted by Gasteiger charge is 2.36. The summed E-state index contributed by atoms with van der Waals surface area (Å²) in [4.78, 5) is 12.9. The molecule has 108 valence electrons. The number of nitrogens with zero attached hydrogens (tertiary/aromatic N) is 2. The summed E-state index contributed by atoms with van der Waals surface area (Å²) in [6.07, 6.45) is 4.57. The molecule has 2 heterocycles. The predicted octanol–water partition coefficient (Wildman–Crippen LogP) is 2.77. The lowest BCUT2D eigenvalue weighted by molar-refractivity contribution is -0.384. The Hall–Kier alpha value is -1.69. The van der Waals surface area contributed by atoms with E-state index in [9.17, 15) is 14.5 Å². The molecule has 0 bridgehead atoms. The molecule has 0 radical (unpaired) electrons. The van der Waals surface area contributed by atoms with Crippen molar-refractivity contribution < 1.29 is 9.31 Å². The van der Waals surface area contributed by atoms with Gasteiger partial charge in [-0.3, -0.25) is 15.0 Å². The van der Waals surface area contributed by atoms with Gasteiger partial charge in [0.2, 0.25) is 0 Å². The SMILES string of the molecule is O=[N+]([O-])c1cc(F)ccc1N[C@H]1CCN2CCCC[C@@H]12. The topological polar surface area (TPSA) is 58.4 Å². The molecule has 6 heteroatoms. The fourth-order valence-corrected chi connectivity index (χ4v) is 3.39. The van der Waals surface area contributed by atoms with Crippen molar-refractivity contribution in [1.82, 2.24) is 4.90 Å². The number of anilines is 1. The Morgan fingerprint density at radius 2 is 2.15 bits per heavy atom. The third-order valence-electron chi connectivity index (χ3n) is 4.35. The number of nitro groups is 1. The van der Waals surface area contributed by atoms with Crippen LogP contribution in [0.5, 0.6) is 0 Å². The lowest BCUT2D eigenvalue weighted by Crippen LogP contribution is -2.41. The number of hydrogen-bond acceptors (Lipinski definition) is 4. The monoisotopic (exact) mass is 279 g/mol. The predicted molar refractivity (Wildman–Crippen MR) is 74.3 cm³/mol. The van der Waals surface area contributed by atoms with Crippen molar-refractivity contribution in [2.24, 2.45) is 0 Å². The van der Waals surface area contributed by atoms with Crippen molar-refractivity contribution in [3.05, 3.63) is 34.1 Å².